The summed E-state index contributed by atoms with van der Waals surface area (Å²) in [5, 5.41) is 9.01. The number of rotatable bonds is 3. The van der Waals surface area contributed by atoms with Crippen LogP contribution >= 0.6 is 0 Å². The lowest BCUT2D eigenvalue weighted by Crippen LogP contribution is -2.00. The Balaban J connectivity index is 2.29. The zero-order chi connectivity index (χ0) is 13.0. The van der Waals surface area contributed by atoms with Gasteiger partial charge in [-0.15, -0.1) is 0 Å². The second kappa shape index (κ2) is 5.32. The molecule has 0 saturated heterocycles. The lowest BCUT2D eigenvalue weighted by Gasteiger charge is -1.99. The van der Waals surface area contributed by atoms with Crippen LogP contribution in [-0.2, 0) is 0 Å². The minimum atomic E-state index is -0.986. The van der Waals surface area contributed by atoms with E-state index in [4.69, 9.17) is 13.0 Å². The molecule has 0 atom stereocenters. The van der Waals surface area contributed by atoms with E-state index in [0.717, 1.165) is 5.56 Å². The maximum Gasteiger partial charge on any atom is 0.337 e. The van der Waals surface area contributed by atoms with Crippen LogP contribution in [0.15, 0.2) is 42.7 Å². The van der Waals surface area contributed by atoms with Crippen LogP contribution in [-0.4, -0.2) is 23.9 Å². The summed E-state index contributed by atoms with van der Waals surface area (Å²) in [5.74, 6) is -0.986. The zero-order valence-corrected chi connectivity index (χ0v) is 9.58. The summed E-state index contributed by atoms with van der Waals surface area (Å²) in [6, 6.07) is 8.99. The first-order valence-corrected chi connectivity index (χ1v) is 5.38. The summed E-state index contributed by atoms with van der Waals surface area (Å²) in [4.78, 5) is 14.8. The minimum Gasteiger partial charge on any atom is -0.478 e. The van der Waals surface area contributed by atoms with Gasteiger partial charge in [0.25, 0.3) is 0 Å². The monoisotopic (exact) mass is 235 g/mol. The predicted molar refractivity (Wildman–Crippen MR) is 72.0 cm³/mol. The van der Waals surface area contributed by atoms with Crippen LogP contribution in [0.1, 0.15) is 21.5 Å². The molecule has 1 heterocycles. The third-order valence-electron chi connectivity index (χ3n) is 2.48. The van der Waals surface area contributed by atoms with Gasteiger partial charge in [-0.2, -0.15) is 0 Å². The molecule has 2 aromatic rings. The van der Waals surface area contributed by atoms with Crippen molar-refractivity contribution in [3.63, 3.8) is 0 Å². The van der Waals surface area contributed by atoms with Crippen molar-refractivity contribution >= 4 is 31.4 Å². The normalized spacial score (nSPS) is 10.7. The van der Waals surface area contributed by atoms with E-state index < -0.39 is 5.97 Å². The summed E-state index contributed by atoms with van der Waals surface area (Å²) in [5.41, 5.74) is 2.46. The average Bonchev–Trinajstić information content (AvgIpc) is 2.38. The molecule has 0 aliphatic heterocycles. The Hall–Kier alpha value is -2.36. The number of carboxylic acids is 1. The molecule has 1 aromatic carbocycles. The third-order valence-corrected chi connectivity index (χ3v) is 2.48. The van der Waals surface area contributed by atoms with E-state index in [2.05, 4.69) is 4.98 Å². The molecule has 0 spiro atoms. The molecular formula is C14H10BNO2. The van der Waals surface area contributed by atoms with Crippen molar-refractivity contribution in [2.24, 2.45) is 0 Å². The summed E-state index contributed by atoms with van der Waals surface area (Å²) in [7, 11) is 5.59. The number of pyridine rings is 1. The van der Waals surface area contributed by atoms with E-state index in [-0.39, 0.29) is 5.56 Å². The van der Waals surface area contributed by atoms with Gasteiger partial charge in [-0.3, -0.25) is 4.98 Å². The number of hydrogen-bond donors (Lipinski definition) is 1. The van der Waals surface area contributed by atoms with E-state index in [0.29, 0.717) is 11.0 Å². The van der Waals surface area contributed by atoms with Gasteiger partial charge in [0.1, 0.15) is 7.85 Å². The first-order valence-electron chi connectivity index (χ1n) is 5.38. The first kappa shape index (κ1) is 12.1. The van der Waals surface area contributed by atoms with Crippen molar-refractivity contribution < 1.29 is 9.90 Å². The van der Waals surface area contributed by atoms with Crippen LogP contribution in [0.2, 0.25) is 0 Å². The van der Waals surface area contributed by atoms with E-state index in [1.807, 2.05) is 18.2 Å². The molecule has 0 fully saturated rings. The highest BCUT2D eigenvalue weighted by Crippen LogP contribution is 2.11. The van der Waals surface area contributed by atoms with Crippen LogP contribution in [0.3, 0.4) is 0 Å². The van der Waals surface area contributed by atoms with Gasteiger partial charge in [0.15, 0.2) is 0 Å². The zero-order valence-electron chi connectivity index (χ0n) is 9.58. The Morgan fingerprint density at radius 3 is 2.56 bits per heavy atom. The van der Waals surface area contributed by atoms with Gasteiger partial charge in [0.05, 0.1) is 5.56 Å². The lowest BCUT2D eigenvalue weighted by atomic mass is 9.95. The van der Waals surface area contributed by atoms with Crippen molar-refractivity contribution in [3.8, 4) is 0 Å². The molecule has 86 valence electrons. The number of aromatic carboxylic acids is 1. The van der Waals surface area contributed by atoms with Gasteiger partial charge >= 0.3 is 5.97 Å². The van der Waals surface area contributed by atoms with Crippen LogP contribution in [0, 0.1) is 0 Å². The molecule has 3 nitrogen and oxygen atoms in total. The van der Waals surface area contributed by atoms with Crippen molar-refractivity contribution in [3.05, 3.63) is 59.4 Å². The maximum absolute atomic E-state index is 11.0. The predicted octanol–water partition coefficient (Wildman–Crippen LogP) is 1.74. The van der Waals surface area contributed by atoms with Crippen molar-refractivity contribution in [1.29, 1.82) is 0 Å². The highest BCUT2D eigenvalue weighted by molar-refractivity contribution is 6.32. The highest BCUT2D eigenvalue weighted by atomic mass is 16.4. The SMILES string of the molecule is [B]c1ccc(/C=C/c2ccncc2C(=O)O)cc1. The van der Waals surface area contributed by atoms with E-state index in [1.54, 1.807) is 30.5 Å². The molecular weight excluding hydrogens is 225 g/mol. The molecule has 1 aromatic heterocycles. The summed E-state index contributed by atoms with van der Waals surface area (Å²) >= 11 is 0. The number of nitrogens with zero attached hydrogens (tertiary/aromatic N) is 1. The van der Waals surface area contributed by atoms with Crippen LogP contribution in [0.25, 0.3) is 12.2 Å². The van der Waals surface area contributed by atoms with Crippen LogP contribution in [0.5, 0.6) is 0 Å². The number of hydrogen-bond acceptors (Lipinski definition) is 2. The number of carboxylic acid groups (broad SMARTS) is 1. The molecule has 0 bridgehead atoms. The molecule has 0 aliphatic carbocycles. The van der Waals surface area contributed by atoms with Crippen molar-refractivity contribution in [2.75, 3.05) is 0 Å². The number of aromatic nitrogens is 1. The van der Waals surface area contributed by atoms with E-state index in [9.17, 15) is 4.79 Å². The van der Waals surface area contributed by atoms with Crippen LogP contribution < -0.4 is 5.46 Å². The maximum atomic E-state index is 11.0. The third kappa shape index (κ3) is 2.85. The Labute approximate surface area is 106 Å². The second-order valence-electron chi connectivity index (χ2n) is 3.77. The molecule has 0 aliphatic rings. The van der Waals surface area contributed by atoms with E-state index in [1.165, 1.54) is 6.20 Å². The largest absolute Gasteiger partial charge is 0.478 e. The van der Waals surface area contributed by atoms with Gasteiger partial charge in [-0.1, -0.05) is 41.9 Å². The Morgan fingerprint density at radius 2 is 1.89 bits per heavy atom. The van der Waals surface area contributed by atoms with Gasteiger partial charge in [0.2, 0.25) is 0 Å². The number of carbonyl (C=O) groups is 1. The Kier molecular flexibility index (Phi) is 3.58. The fourth-order valence-corrected chi connectivity index (χ4v) is 1.52. The fourth-order valence-electron chi connectivity index (χ4n) is 1.52. The quantitative estimate of drug-likeness (QED) is 0.824. The first-order chi connectivity index (χ1) is 8.66. The van der Waals surface area contributed by atoms with Gasteiger partial charge in [-0.05, 0) is 17.2 Å². The molecule has 2 rings (SSSR count). The van der Waals surface area contributed by atoms with Gasteiger partial charge in [0, 0.05) is 12.4 Å². The molecule has 0 unspecified atom stereocenters. The molecule has 18 heavy (non-hydrogen) atoms. The average molecular weight is 235 g/mol. The number of benzene rings is 1. The topological polar surface area (TPSA) is 50.2 Å². The summed E-state index contributed by atoms with van der Waals surface area (Å²) in [6.07, 6.45) is 6.48. The van der Waals surface area contributed by atoms with Gasteiger partial charge < -0.3 is 5.11 Å². The Morgan fingerprint density at radius 1 is 1.17 bits per heavy atom. The molecule has 0 amide bonds. The standard InChI is InChI=1S/C14H10BNO2/c15-12-5-2-10(3-6-12)1-4-11-7-8-16-9-13(11)14(17)18/h1-9H,(H,17,18)/b4-1+. The molecule has 2 radical (unpaired) electrons. The van der Waals surface area contributed by atoms with Crippen LogP contribution in [0.4, 0.5) is 0 Å². The lowest BCUT2D eigenvalue weighted by molar-refractivity contribution is 0.0696. The minimum absolute atomic E-state index is 0.184. The summed E-state index contributed by atoms with van der Waals surface area (Å²) < 4.78 is 0. The molecule has 0 saturated carbocycles. The smallest absolute Gasteiger partial charge is 0.337 e. The molecule has 4 heteroatoms. The summed E-state index contributed by atoms with van der Waals surface area (Å²) in [6.45, 7) is 0. The highest BCUT2D eigenvalue weighted by Gasteiger charge is 2.06. The fraction of sp³-hybridized carbons (Fsp3) is 0. The van der Waals surface area contributed by atoms with Gasteiger partial charge in [-0.25, -0.2) is 4.79 Å². The van der Waals surface area contributed by atoms with E-state index >= 15 is 0 Å². The Bertz CT molecular complexity index is 591. The van der Waals surface area contributed by atoms with Crippen molar-refractivity contribution in [2.45, 2.75) is 0 Å². The van der Waals surface area contributed by atoms with Crippen molar-refractivity contribution in [1.82, 2.24) is 4.98 Å². The molecule has 1 N–H and O–H groups in total. The second-order valence-corrected chi connectivity index (χ2v) is 3.77.